The second-order valence-corrected chi connectivity index (χ2v) is 3.73. The number of rotatable bonds is 6. The molecule has 0 fully saturated rings. The van der Waals surface area contributed by atoms with Gasteiger partial charge in [-0.25, -0.2) is 0 Å². The van der Waals surface area contributed by atoms with E-state index < -0.39 is 12.0 Å². The maximum atomic E-state index is 10.4. The van der Waals surface area contributed by atoms with Crippen molar-refractivity contribution in [3.63, 3.8) is 0 Å². The van der Waals surface area contributed by atoms with Gasteiger partial charge in [-0.15, -0.1) is 0 Å². The van der Waals surface area contributed by atoms with Gasteiger partial charge < -0.3 is 15.2 Å². The predicted molar refractivity (Wildman–Crippen MR) is 50.8 cm³/mol. The van der Waals surface area contributed by atoms with E-state index in [0.29, 0.717) is 6.54 Å². The SMILES string of the molecule is COC(C)(C)CCN[C@H](C)C(=O)O. The Kier molecular flexibility index (Phi) is 4.95. The van der Waals surface area contributed by atoms with Crippen LogP contribution in [0.2, 0.25) is 0 Å². The number of hydrogen-bond acceptors (Lipinski definition) is 3. The Hall–Kier alpha value is -0.610. The molecule has 0 radical (unpaired) electrons. The molecule has 0 saturated carbocycles. The van der Waals surface area contributed by atoms with Crippen LogP contribution in [0.25, 0.3) is 0 Å². The molecular weight excluding hydrogens is 170 g/mol. The Morgan fingerprint density at radius 2 is 2.15 bits per heavy atom. The summed E-state index contributed by atoms with van der Waals surface area (Å²) >= 11 is 0. The predicted octanol–water partition coefficient (Wildman–Crippen LogP) is 0.864. The molecule has 0 aromatic heterocycles. The molecule has 1 atom stereocenters. The van der Waals surface area contributed by atoms with Crippen LogP contribution in [-0.2, 0) is 9.53 Å². The summed E-state index contributed by atoms with van der Waals surface area (Å²) in [5.41, 5.74) is -0.189. The smallest absolute Gasteiger partial charge is 0.320 e. The summed E-state index contributed by atoms with van der Waals surface area (Å²) in [4.78, 5) is 10.4. The summed E-state index contributed by atoms with van der Waals surface area (Å²) in [5.74, 6) is -0.824. The highest BCUT2D eigenvalue weighted by Crippen LogP contribution is 2.11. The van der Waals surface area contributed by atoms with Crippen LogP contribution in [0.15, 0.2) is 0 Å². The van der Waals surface area contributed by atoms with Crippen LogP contribution < -0.4 is 5.32 Å². The van der Waals surface area contributed by atoms with E-state index in [-0.39, 0.29) is 5.60 Å². The number of aliphatic carboxylic acids is 1. The zero-order valence-electron chi connectivity index (χ0n) is 8.76. The number of carboxylic acid groups (broad SMARTS) is 1. The Morgan fingerprint density at radius 1 is 1.62 bits per heavy atom. The molecule has 0 bridgehead atoms. The minimum absolute atomic E-state index is 0.189. The first-order chi connectivity index (χ1) is 5.89. The second kappa shape index (κ2) is 5.19. The van der Waals surface area contributed by atoms with Crippen molar-refractivity contribution in [3.8, 4) is 0 Å². The van der Waals surface area contributed by atoms with Gasteiger partial charge in [0.1, 0.15) is 6.04 Å². The summed E-state index contributed by atoms with van der Waals surface area (Å²) in [6, 6.07) is -0.493. The molecule has 78 valence electrons. The largest absolute Gasteiger partial charge is 0.480 e. The van der Waals surface area contributed by atoms with Gasteiger partial charge in [-0.3, -0.25) is 4.79 Å². The van der Waals surface area contributed by atoms with Crippen LogP contribution in [0.3, 0.4) is 0 Å². The summed E-state index contributed by atoms with van der Waals surface area (Å²) in [7, 11) is 1.65. The van der Waals surface area contributed by atoms with Crippen LogP contribution >= 0.6 is 0 Å². The Balaban J connectivity index is 3.62. The van der Waals surface area contributed by atoms with Crippen LogP contribution in [0.4, 0.5) is 0 Å². The number of methoxy groups -OCH3 is 1. The first-order valence-electron chi connectivity index (χ1n) is 4.40. The van der Waals surface area contributed by atoms with Crippen molar-refractivity contribution in [3.05, 3.63) is 0 Å². The minimum atomic E-state index is -0.824. The topological polar surface area (TPSA) is 58.6 Å². The van der Waals surface area contributed by atoms with Crippen molar-refractivity contribution in [1.29, 1.82) is 0 Å². The highest BCUT2D eigenvalue weighted by atomic mass is 16.5. The molecule has 0 aromatic rings. The molecule has 0 amide bonds. The molecule has 2 N–H and O–H groups in total. The maximum Gasteiger partial charge on any atom is 0.320 e. The molecule has 4 nitrogen and oxygen atoms in total. The fourth-order valence-electron chi connectivity index (χ4n) is 0.779. The average molecular weight is 189 g/mol. The summed E-state index contributed by atoms with van der Waals surface area (Å²) in [5, 5.41) is 11.5. The van der Waals surface area contributed by atoms with E-state index in [4.69, 9.17) is 9.84 Å². The highest BCUT2D eigenvalue weighted by molar-refractivity contribution is 5.72. The maximum absolute atomic E-state index is 10.4. The van der Waals surface area contributed by atoms with Crippen LogP contribution in [0.1, 0.15) is 27.2 Å². The first kappa shape index (κ1) is 12.4. The van der Waals surface area contributed by atoms with Gasteiger partial charge in [0.15, 0.2) is 0 Å². The number of ether oxygens (including phenoxy) is 1. The molecule has 0 aliphatic heterocycles. The lowest BCUT2D eigenvalue weighted by Crippen LogP contribution is -2.37. The van der Waals surface area contributed by atoms with Crippen molar-refractivity contribution in [2.45, 2.75) is 38.8 Å². The standard InChI is InChI=1S/C9H19NO3/c1-7(8(11)12)10-6-5-9(2,3)13-4/h7,10H,5-6H2,1-4H3,(H,11,12)/t7-/m1/s1. The quantitative estimate of drug-likeness (QED) is 0.650. The number of hydrogen-bond donors (Lipinski definition) is 2. The van der Waals surface area contributed by atoms with Gasteiger partial charge in [-0.05, 0) is 33.7 Å². The molecule has 0 unspecified atom stereocenters. The third-order valence-corrected chi connectivity index (χ3v) is 2.10. The fourth-order valence-corrected chi connectivity index (χ4v) is 0.779. The molecular formula is C9H19NO3. The van der Waals surface area contributed by atoms with Gasteiger partial charge in [0.25, 0.3) is 0 Å². The van der Waals surface area contributed by atoms with E-state index in [1.165, 1.54) is 0 Å². The van der Waals surface area contributed by atoms with Crippen molar-refractivity contribution in [1.82, 2.24) is 5.32 Å². The van der Waals surface area contributed by atoms with E-state index in [0.717, 1.165) is 6.42 Å². The third-order valence-electron chi connectivity index (χ3n) is 2.10. The molecule has 0 rings (SSSR count). The van der Waals surface area contributed by atoms with Crippen LogP contribution in [-0.4, -0.2) is 36.4 Å². The fraction of sp³-hybridized carbons (Fsp3) is 0.889. The molecule has 13 heavy (non-hydrogen) atoms. The molecule has 0 spiro atoms. The number of carbonyl (C=O) groups is 1. The van der Waals surface area contributed by atoms with Crippen LogP contribution in [0, 0.1) is 0 Å². The zero-order valence-corrected chi connectivity index (χ0v) is 8.76. The highest BCUT2D eigenvalue weighted by Gasteiger charge is 2.17. The van der Waals surface area contributed by atoms with Crippen molar-refractivity contribution in [2.75, 3.05) is 13.7 Å². The Bertz CT molecular complexity index is 168. The molecule has 0 aliphatic rings. The van der Waals surface area contributed by atoms with E-state index in [2.05, 4.69) is 5.32 Å². The van der Waals surface area contributed by atoms with E-state index in [1.54, 1.807) is 14.0 Å². The summed E-state index contributed by atoms with van der Waals surface area (Å²) in [6.45, 7) is 6.22. The average Bonchev–Trinajstić information content (AvgIpc) is 2.04. The Labute approximate surface area is 79.3 Å². The van der Waals surface area contributed by atoms with Gasteiger partial charge in [0, 0.05) is 7.11 Å². The second-order valence-electron chi connectivity index (χ2n) is 3.73. The normalized spacial score (nSPS) is 14.2. The first-order valence-corrected chi connectivity index (χ1v) is 4.40. The lowest BCUT2D eigenvalue weighted by Gasteiger charge is -2.23. The monoisotopic (exact) mass is 189 g/mol. The van der Waals surface area contributed by atoms with E-state index in [1.807, 2.05) is 13.8 Å². The number of nitrogens with one attached hydrogen (secondary N) is 1. The lowest BCUT2D eigenvalue weighted by molar-refractivity contribution is -0.139. The number of carboxylic acids is 1. The molecule has 0 saturated heterocycles. The summed E-state index contributed by atoms with van der Waals surface area (Å²) < 4.78 is 5.19. The molecule has 0 heterocycles. The van der Waals surface area contributed by atoms with E-state index >= 15 is 0 Å². The van der Waals surface area contributed by atoms with Gasteiger partial charge >= 0.3 is 5.97 Å². The third kappa shape index (κ3) is 5.60. The Morgan fingerprint density at radius 3 is 2.54 bits per heavy atom. The molecule has 4 heteroatoms. The van der Waals surface area contributed by atoms with Gasteiger partial charge in [-0.2, -0.15) is 0 Å². The van der Waals surface area contributed by atoms with Crippen molar-refractivity contribution in [2.24, 2.45) is 0 Å². The van der Waals surface area contributed by atoms with E-state index in [9.17, 15) is 4.79 Å². The van der Waals surface area contributed by atoms with Gasteiger partial charge in [-0.1, -0.05) is 0 Å². The van der Waals surface area contributed by atoms with Crippen molar-refractivity contribution >= 4 is 5.97 Å². The van der Waals surface area contributed by atoms with Crippen molar-refractivity contribution < 1.29 is 14.6 Å². The summed E-state index contributed by atoms with van der Waals surface area (Å²) in [6.07, 6.45) is 0.793. The van der Waals surface area contributed by atoms with Gasteiger partial charge in [0.05, 0.1) is 5.60 Å². The molecule has 0 aromatic carbocycles. The minimum Gasteiger partial charge on any atom is -0.480 e. The lowest BCUT2D eigenvalue weighted by atomic mass is 10.1. The zero-order chi connectivity index (χ0) is 10.5. The molecule has 0 aliphatic carbocycles. The van der Waals surface area contributed by atoms with Crippen LogP contribution in [0.5, 0.6) is 0 Å². The van der Waals surface area contributed by atoms with Gasteiger partial charge in [0.2, 0.25) is 0 Å².